The second-order valence-electron chi connectivity index (χ2n) is 4.06. The van der Waals surface area contributed by atoms with E-state index in [1.807, 2.05) is 53.1 Å². The lowest BCUT2D eigenvalue weighted by molar-refractivity contribution is 0.944. The van der Waals surface area contributed by atoms with Gasteiger partial charge in [-0.2, -0.15) is 0 Å². The van der Waals surface area contributed by atoms with Gasteiger partial charge in [-0.25, -0.2) is 0 Å². The van der Waals surface area contributed by atoms with Crippen LogP contribution in [-0.2, 0) is 0 Å². The molecule has 3 aromatic rings. The molecule has 0 amide bonds. The Hall–Kier alpha value is -2.62. The summed E-state index contributed by atoms with van der Waals surface area (Å²) in [5.74, 6) is 0. The lowest BCUT2D eigenvalue weighted by atomic mass is 10.2. The number of benzene rings is 2. The summed E-state index contributed by atoms with van der Waals surface area (Å²) in [5, 5.41) is 8.01. The van der Waals surface area contributed by atoms with E-state index in [9.17, 15) is 0 Å². The van der Waals surface area contributed by atoms with Crippen molar-refractivity contribution in [1.82, 2.24) is 9.55 Å². The highest BCUT2D eigenvalue weighted by molar-refractivity contribution is 5.76. The molecule has 0 fully saturated rings. The predicted molar refractivity (Wildman–Crippen MR) is 71.3 cm³/mol. The number of anilines is 1. The molecule has 3 N–H and O–H groups in total. The molecule has 0 aliphatic carbocycles. The third-order valence-electron chi connectivity index (χ3n) is 2.84. The van der Waals surface area contributed by atoms with Gasteiger partial charge in [-0.05, 0) is 36.4 Å². The zero-order chi connectivity index (χ0) is 12.5. The smallest absolute Gasteiger partial charge is 0.148 e. The summed E-state index contributed by atoms with van der Waals surface area (Å²) in [4.78, 5) is 4.25. The highest BCUT2D eigenvalue weighted by Crippen LogP contribution is 2.15. The normalized spacial score (nSPS) is 10.7. The maximum atomic E-state index is 8.01. The molecule has 0 spiro atoms. The molecular formula is C14H12N4. The molecule has 0 saturated heterocycles. The minimum Gasteiger partial charge on any atom is -0.399 e. The molecule has 4 nitrogen and oxygen atoms in total. The topological polar surface area (TPSA) is 67.7 Å². The number of nitrogens with one attached hydrogen (secondary N) is 1. The Morgan fingerprint density at radius 2 is 1.72 bits per heavy atom. The summed E-state index contributed by atoms with van der Waals surface area (Å²) in [6.45, 7) is 0. The van der Waals surface area contributed by atoms with Crippen LogP contribution in [0.3, 0.4) is 0 Å². The zero-order valence-corrected chi connectivity index (χ0v) is 9.67. The molecular weight excluding hydrogens is 224 g/mol. The van der Waals surface area contributed by atoms with Gasteiger partial charge in [-0.3, -0.25) is 15.0 Å². The Morgan fingerprint density at radius 1 is 1.00 bits per heavy atom. The van der Waals surface area contributed by atoms with E-state index in [4.69, 9.17) is 11.1 Å². The minimum atomic E-state index is 0.346. The van der Waals surface area contributed by atoms with E-state index >= 15 is 0 Å². The fraction of sp³-hybridized carbons (Fsp3) is 0. The van der Waals surface area contributed by atoms with E-state index in [0.29, 0.717) is 11.2 Å². The first-order valence-electron chi connectivity index (χ1n) is 5.63. The minimum absolute atomic E-state index is 0.346. The molecule has 3 rings (SSSR count). The van der Waals surface area contributed by atoms with Gasteiger partial charge < -0.3 is 5.73 Å². The molecule has 2 aromatic carbocycles. The van der Waals surface area contributed by atoms with Gasteiger partial charge in [0.1, 0.15) is 5.49 Å². The maximum Gasteiger partial charge on any atom is 0.148 e. The average molecular weight is 236 g/mol. The lowest BCUT2D eigenvalue weighted by Crippen LogP contribution is -2.18. The zero-order valence-electron chi connectivity index (χ0n) is 9.67. The van der Waals surface area contributed by atoms with Crippen molar-refractivity contribution >= 4 is 16.7 Å². The molecule has 18 heavy (non-hydrogen) atoms. The largest absolute Gasteiger partial charge is 0.399 e. The molecule has 0 aliphatic heterocycles. The second-order valence-corrected chi connectivity index (χ2v) is 4.06. The number of para-hydroxylation sites is 2. The van der Waals surface area contributed by atoms with Crippen LogP contribution in [0.25, 0.3) is 16.7 Å². The van der Waals surface area contributed by atoms with E-state index in [0.717, 1.165) is 16.7 Å². The van der Waals surface area contributed by atoms with Crippen LogP contribution in [0.15, 0.2) is 54.7 Å². The van der Waals surface area contributed by atoms with Crippen LogP contribution in [0.5, 0.6) is 0 Å². The molecule has 1 aromatic heterocycles. The summed E-state index contributed by atoms with van der Waals surface area (Å²) >= 11 is 0. The van der Waals surface area contributed by atoms with Crippen molar-refractivity contribution in [3.63, 3.8) is 0 Å². The summed E-state index contributed by atoms with van der Waals surface area (Å²) in [5.41, 5.74) is 9.43. The molecule has 0 atom stereocenters. The highest BCUT2D eigenvalue weighted by atomic mass is 15.0. The summed E-state index contributed by atoms with van der Waals surface area (Å²) in [6.07, 6.45) is 1.55. The van der Waals surface area contributed by atoms with Crippen molar-refractivity contribution in [2.24, 2.45) is 0 Å². The van der Waals surface area contributed by atoms with Crippen molar-refractivity contribution < 1.29 is 0 Å². The van der Waals surface area contributed by atoms with Crippen LogP contribution in [-0.4, -0.2) is 9.55 Å². The number of nitrogen functional groups attached to an aromatic ring is 1. The van der Waals surface area contributed by atoms with Gasteiger partial charge in [0.05, 0.1) is 17.2 Å². The molecule has 0 bridgehead atoms. The van der Waals surface area contributed by atoms with E-state index in [1.165, 1.54) is 0 Å². The average Bonchev–Trinajstić information content (AvgIpc) is 2.40. The first kappa shape index (κ1) is 10.5. The van der Waals surface area contributed by atoms with Gasteiger partial charge in [-0.15, -0.1) is 0 Å². The molecule has 1 heterocycles. The summed E-state index contributed by atoms with van der Waals surface area (Å²) in [7, 11) is 0. The lowest BCUT2D eigenvalue weighted by Gasteiger charge is -2.10. The van der Waals surface area contributed by atoms with Crippen molar-refractivity contribution in [2.45, 2.75) is 0 Å². The molecule has 88 valence electrons. The second kappa shape index (κ2) is 4.00. The molecule has 0 aliphatic rings. The van der Waals surface area contributed by atoms with E-state index < -0.39 is 0 Å². The van der Waals surface area contributed by atoms with Crippen molar-refractivity contribution in [3.8, 4) is 5.69 Å². The third kappa shape index (κ3) is 1.64. The van der Waals surface area contributed by atoms with Gasteiger partial charge in [-0.1, -0.05) is 12.1 Å². The van der Waals surface area contributed by atoms with Gasteiger partial charge in [0, 0.05) is 11.4 Å². The van der Waals surface area contributed by atoms with Gasteiger partial charge >= 0.3 is 0 Å². The quantitative estimate of drug-likeness (QED) is 0.635. The Balaban J connectivity index is 2.37. The Bertz CT molecular complexity index is 757. The number of rotatable bonds is 1. The Kier molecular flexibility index (Phi) is 2.34. The van der Waals surface area contributed by atoms with E-state index in [2.05, 4.69) is 4.98 Å². The van der Waals surface area contributed by atoms with Crippen LogP contribution < -0.4 is 11.2 Å². The molecule has 0 saturated carbocycles. The van der Waals surface area contributed by atoms with E-state index in [1.54, 1.807) is 6.20 Å². The number of hydrogen-bond acceptors (Lipinski definition) is 3. The van der Waals surface area contributed by atoms with Gasteiger partial charge in [0.2, 0.25) is 0 Å². The number of nitrogens with two attached hydrogens (primary N) is 1. The predicted octanol–water partition coefficient (Wildman–Crippen LogP) is 2.09. The summed E-state index contributed by atoms with van der Waals surface area (Å²) < 4.78 is 1.85. The maximum absolute atomic E-state index is 8.01. The van der Waals surface area contributed by atoms with Crippen molar-refractivity contribution in [1.29, 1.82) is 5.41 Å². The molecule has 4 heteroatoms. The van der Waals surface area contributed by atoms with Crippen molar-refractivity contribution in [3.05, 3.63) is 60.2 Å². The van der Waals surface area contributed by atoms with Crippen LogP contribution in [0.4, 0.5) is 5.69 Å². The monoisotopic (exact) mass is 236 g/mol. The van der Waals surface area contributed by atoms with Crippen LogP contribution in [0.2, 0.25) is 0 Å². The first-order valence-corrected chi connectivity index (χ1v) is 5.63. The van der Waals surface area contributed by atoms with Crippen LogP contribution in [0.1, 0.15) is 0 Å². The first-order chi connectivity index (χ1) is 8.75. The van der Waals surface area contributed by atoms with Crippen molar-refractivity contribution in [2.75, 3.05) is 5.73 Å². The fourth-order valence-electron chi connectivity index (χ4n) is 1.98. The van der Waals surface area contributed by atoms with E-state index in [-0.39, 0.29) is 0 Å². The number of nitrogens with zero attached hydrogens (tertiary/aromatic N) is 2. The number of aromatic nitrogens is 2. The fourth-order valence-corrected chi connectivity index (χ4v) is 1.98. The van der Waals surface area contributed by atoms with Crippen LogP contribution >= 0.6 is 0 Å². The summed E-state index contributed by atoms with van der Waals surface area (Å²) in [6, 6.07) is 15.2. The number of fused-ring (bicyclic) bond motifs is 1. The standard InChI is InChI=1S/C14H12N4/c15-10-5-7-11(8-6-10)18-13-4-2-1-3-12(13)17-9-14(18)16/h1-9,16H,15H2. The number of hydrogen-bond donors (Lipinski definition) is 2. The SMILES string of the molecule is N=c1cnc2ccccc2n1-c1ccc(N)cc1. The Morgan fingerprint density at radius 3 is 2.50 bits per heavy atom. The van der Waals surface area contributed by atoms with Gasteiger partial charge in [0.15, 0.2) is 0 Å². The van der Waals surface area contributed by atoms with Gasteiger partial charge in [0.25, 0.3) is 0 Å². The molecule has 0 unspecified atom stereocenters. The third-order valence-corrected chi connectivity index (χ3v) is 2.84. The highest BCUT2D eigenvalue weighted by Gasteiger charge is 2.03. The Labute approximate surface area is 104 Å². The van der Waals surface area contributed by atoms with Crippen LogP contribution in [0, 0.1) is 5.41 Å². The molecule has 0 radical (unpaired) electrons.